The van der Waals surface area contributed by atoms with Crippen molar-refractivity contribution in [1.29, 1.82) is 0 Å². The van der Waals surface area contributed by atoms with E-state index in [0.29, 0.717) is 29.2 Å². The maximum absolute atomic E-state index is 10.8. The second-order valence-electron chi connectivity index (χ2n) is 8.80. The van der Waals surface area contributed by atoms with Crippen LogP contribution in [0.2, 0.25) is 0 Å². The molecule has 11 heteroatoms. The van der Waals surface area contributed by atoms with E-state index in [1.165, 1.54) is 11.5 Å². The molecule has 0 spiro atoms. The second kappa shape index (κ2) is 11.6. The lowest BCUT2D eigenvalue weighted by molar-refractivity contribution is -0.109. The molecule has 38 heavy (non-hydrogen) atoms. The summed E-state index contributed by atoms with van der Waals surface area (Å²) < 4.78 is 12.0. The van der Waals surface area contributed by atoms with Gasteiger partial charge >= 0.3 is 0 Å². The van der Waals surface area contributed by atoms with Crippen molar-refractivity contribution in [3.05, 3.63) is 72.1 Å². The van der Waals surface area contributed by atoms with E-state index in [0.717, 1.165) is 63.8 Å². The molecule has 0 unspecified atom stereocenters. The van der Waals surface area contributed by atoms with Gasteiger partial charge in [-0.05, 0) is 55.6 Å². The molecule has 0 radical (unpaired) electrons. The molecule has 8 nitrogen and oxygen atoms in total. The van der Waals surface area contributed by atoms with Gasteiger partial charge in [0.1, 0.15) is 17.9 Å². The zero-order chi connectivity index (χ0) is 25.7. The number of para-hydroxylation sites is 1. The molecule has 0 amide bonds. The molecule has 0 atom stereocenters. The maximum Gasteiger partial charge on any atom is 0.208 e. The van der Waals surface area contributed by atoms with Crippen LogP contribution in [0.3, 0.4) is 0 Å². The van der Waals surface area contributed by atoms with Crippen LogP contribution in [0.1, 0.15) is 24.6 Å². The van der Waals surface area contributed by atoms with Crippen molar-refractivity contribution in [3.63, 3.8) is 0 Å². The Labute approximate surface area is 232 Å². The molecule has 6 rings (SSSR count). The molecular weight excluding hydrogens is 537 g/mol. The van der Waals surface area contributed by atoms with Crippen LogP contribution in [0.5, 0.6) is 11.5 Å². The molecule has 1 aliphatic rings. The first kappa shape index (κ1) is 24.9. The Hall–Kier alpha value is -3.38. The third-order valence-corrected chi connectivity index (χ3v) is 9.02. The fourth-order valence-electron chi connectivity index (χ4n) is 4.36. The normalized spacial score (nSPS) is 14.5. The molecule has 0 aliphatic carbocycles. The van der Waals surface area contributed by atoms with Gasteiger partial charge in [0, 0.05) is 45.7 Å². The predicted octanol–water partition coefficient (Wildman–Crippen LogP) is 6.61. The van der Waals surface area contributed by atoms with Crippen LogP contribution in [0.15, 0.2) is 76.1 Å². The van der Waals surface area contributed by atoms with Crippen LogP contribution in [0.25, 0.3) is 10.2 Å². The number of pyridine rings is 2. The molecule has 1 fully saturated rings. The maximum atomic E-state index is 10.8. The lowest BCUT2D eigenvalue weighted by Crippen LogP contribution is -2.34. The Balaban J connectivity index is 1.23. The van der Waals surface area contributed by atoms with E-state index in [1.54, 1.807) is 23.1 Å². The SMILES string of the molecule is O=CCN1CCC(c2nsc(Nc3ncc(Sc4ccnc5ccsc45)cc3Oc3ccccc3)n2)CC1. The number of hydrogen-bond donors (Lipinski definition) is 1. The van der Waals surface area contributed by atoms with E-state index in [4.69, 9.17) is 14.7 Å². The molecule has 5 aromatic rings. The average molecular weight is 561 g/mol. The predicted molar refractivity (Wildman–Crippen MR) is 152 cm³/mol. The number of aldehydes is 1. The Morgan fingerprint density at radius 2 is 2.00 bits per heavy atom. The Morgan fingerprint density at radius 3 is 2.84 bits per heavy atom. The van der Waals surface area contributed by atoms with E-state index in [-0.39, 0.29) is 0 Å². The average Bonchev–Trinajstić information content (AvgIpc) is 3.62. The van der Waals surface area contributed by atoms with E-state index < -0.39 is 0 Å². The number of carbonyl (C=O) groups is 1. The molecule has 1 saturated heterocycles. The second-order valence-corrected chi connectivity index (χ2v) is 11.6. The van der Waals surface area contributed by atoms with Crippen LogP contribution in [0, 0.1) is 0 Å². The van der Waals surface area contributed by atoms with Gasteiger partial charge in [0.15, 0.2) is 11.6 Å². The Morgan fingerprint density at radius 1 is 1.13 bits per heavy atom. The number of rotatable bonds is 9. The molecule has 5 heterocycles. The van der Waals surface area contributed by atoms with Crippen molar-refractivity contribution in [2.45, 2.75) is 28.6 Å². The zero-order valence-electron chi connectivity index (χ0n) is 20.3. The summed E-state index contributed by atoms with van der Waals surface area (Å²) in [4.78, 5) is 29.0. The number of aromatic nitrogens is 4. The summed E-state index contributed by atoms with van der Waals surface area (Å²) in [7, 11) is 0. The van der Waals surface area contributed by atoms with Crippen LogP contribution in [-0.4, -0.2) is 50.1 Å². The number of anilines is 2. The van der Waals surface area contributed by atoms with Crippen molar-refractivity contribution in [2.24, 2.45) is 0 Å². The quantitative estimate of drug-likeness (QED) is 0.200. The number of nitrogens with one attached hydrogen (secondary N) is 1. The fourth-order valence-corrected chi connectivity index (χ4v) is 6.88. The van der Waals surface area contributed by atoms with Gasteiger partial charge in [-0.1, -0.05) is 30.0 Å². The summed E-state index contributed by atoms with van der Waals surface area (Å²) in [6, 6.07) is 15.7. The van der Waals surface area contributed by atoms with E-state index in [1.807, 2.05) is 60.9 Å². The first-order valence-corrected chi connectivity index (χ1v) is 14.7. The first-order valence-electron chi connectivity index (χ1n) is 12.2. The lowest BCUT2D eigenvalue weighted by Gasteiger charge is -2.28. The van der Waals surface area contributed by atoms with Gasteiger partial charge in [0.05, 0.1) is 16.8 Å². The molecule has 192 valence electrons. The van der Waals surface area contributed by atoms with Gasteiger partial charge in [-0.25, -0.2) is 9.97 Å². The van der Waals surface area contributed by atoms with Gasteiger partial charge in [-0.2, -0.15) is 4.37 Å². The number of fused-ring (bicyclic) bond motifs is 1. The number of likely N-dealkylation sites (tertiary alicyclic amines) is 1. The zero-order valence-corrected chi connectivity index (χ0v) is 22.8. The van der Waals surface area contributed by atoms with Gasteiger partial charge < -0.3 is 14.8 Å². The van der Waals surface area contributed by atoms with Crippen molar-refractivity contribution >= 4 is 62.1 Å². The smallest absolute Gasteiger partial charge is 0.208 e. The molecule has 1 aromatic carbocycles. The van der Waals surface area contributed by atoms with Crippen LogP contribution >= 0.6 is 34.6 Å². The summed E-state index contributed by atoms with van der Waals surface area (Å²) in [5, 5.41) is 6.07. The van der Waals surface area contributed by atoms with Crippen molar-refractivity contribution in [3.8, 4) is 11.5 Å². The van der Waals surface area contributed by atoms with Crippen molar-refractivity contribution in [1.82, 2.24) is 24.2 Å². The number of benzene rings is 1. The molecule has 1 N–H and O–H groups in total. The van der Waals surface area contributed by atoms with Gasteiger partial charge in [-0.15, -0.1) is 11.3 Å². The number of thiophene rings is 1. The monoisotopic (exact) mass is 560 g/mol. The highest BCUT2D eigenvalue weighted by molar-refractivity contribution is 7.99. The molecule has 0 bridgehead atoms. The summed E-state index contributed by atoms with van der Waals surface area (Å²) in [5.74, 6) is 3.06. The molecule has 0 saturated carbocycles. The van der Waals surface area contributed by atoms with Crippen LogP contribution < -0.4 is 10.1 Å². The highest BCUT2D eigenvalue weighted by Crippen LogP contribution is 2.39. The number of nitrogens with zero attached hydrogens (tertiary/aromatic N) is 5. The third-order valence-electron chi connectivity index (χ3n) is 6.29. The first-order chi connectivity index (χ1) is 18.7. The molecule has 1 aliphatic heterocycles. The summed E-state index contributed by atoms with van der Waals surface area (Å²) in [6.45, 7) is 2.26. The van der Waals surface area contributed by atoms with E-state index >= 15 is 0 Å². The minimum absolute atomic E-state index is 0.297. The van der Waals surface area contributed by atoms with Gasteiger partial charge in [0.2, 0.25) is 5.13 Å². The Bertz CT molecular complexity index is 1530. The number of hydrogen-bond acceptors (Lipinski definition) is 11. The summed E-state index contributed by atoms with van der Waals surface area (Å²) >= 11 is 4.64. The summed E-state index contributed by atoms with van der Waals surface area (Å²) in [6.07, 6.45) is 6.54. The minimum atomic E-state index is 0.297. The number of ether oxygens (including phenoxy) is 1. The van der Waals surface area contributed by atoms with Crippen molar-refractivity contribution in [2.75, 3.05) is 25.0 Å². The standard InChI is InChI=1S/C27H24N6O2S3/c34-14-13-33-11-7-18(8-12-33)25-30-27(38-32-25)31-26-22(35-19-4-2-1-3-5-19)16-20(17-29-26)37-23-6-10-28-21-9-15-36-24(21)23/h1-6,9-10,14-18H,7-8,11-13H2,(H,29,30,31,32). The topological polar surface area (TPSA) is 93.1 Å². The lowest BCUT2D eigenvalue weighted by atomic mass is 9.96. The van der Waals surface area contributed by atoms with Crippen molar-refractivity contribution < 1.29 is 9.53 Å². The van der Waals surface area contributed by atoms with Crippen LogP contribution in [-0.2, 0) is 4.79 Å². The third kappa shape index (κ3) is 5.70. The highest BCUT2D eigenvalue weighted by atomic mass is 32.2. The number of piperidine rings is 1. The molecular formula is C27H24N6O2S3. The van der Waals surface area contributed by atoms with Crippen LogP contribution in [0.4, 0.5) is 10.9 Å². The van der Waals surface area contributed by atoms with Gasteiger partial charge in [0.25, 0.3) is 0 Å². The summed E-state index contributed by atoms with van der Waals surface area (Å²) in [5.41, 5.74) is 0.994. The fraction of sp³-hybridized carbons (Fsp3) is 0.222. The Kier molecular flexibility index (Phi) is 7.59. The minimum Gasteiger partial charge on any atom is -0.453 e. The molecule has 4 aromatic heterocycles. The van der Waals surface area contributed by atoms with E-state index in [2.05, 4.69) is 25.0 Å². The highest BCUT2D eigenvalue weighted by Gasteiger charge is 2.24. The van der Waals surface area contributed by atoms with Gasteiger partial charge in [-0.3, -0.25) is 9.88 Å². The van der Waals surface area contributed by atoms with E-state index in [9.17, 15) is 4.79 Å². The number of carbonyl (C=O) groups excluding carboxylic acids is 1. The largest absolute Gasteiger partial charge is 0.453 e.